The van der Waals surface area contributed by atoms with E-state index in [9.17, 15) is 0 Å². The molecule has 0 aliphatic heterocycles. The lowest BCUT2D eigenvalue weighted by Crippen LogP contribution is -1.99. The number of hydrogen-bond acceptors (Lipinski definition) is 2. The molecule has 0 fully saturated rings. The van der Waals surface area contributed by atoms with Crippen molar-refractivity contribution in [2.24, 2.45) is 0 Å². The van der Waals surface area contributed by atoms with Crippen molar-refractivity contribution < 1.29 is 0 Å². The summed E-state index contributed by atoms with van der Waals surface area (Å²) in [5, 5.41) is 14.5. The third kappa shape index (κ3) is 3.28. The number of fused-ring (bicyclic) bond motifs is 16. The molecular weight excluding hydrogens is 585 g/mol. The van der Waals surface area contributed by atoms with E-state index in [4.69, 9.17) is 4.98 Å². The van der Waals surface area contributed by atoms with Crippen molar-refractivity contribution in [3.8, 4) is 11.5 Å². The molecule has 0 aliphatic rings. The van der Waals surface area contributed by atoms with Gasteiger partial charge in [-0.3, -0.25) is 9.55 Å². The van der Waals surface area contributed by atoms with Crippen LogP contribution in [0.3, 0.4) is 0 Å². The van der Waals surface area contributed by atoms with Crippen LogP contribution < -0.4 is 0 Å². The second kappa shape index (κ2) is 9.50. The Morgan fingerprint density at radius 1 is 0.375 bits per heavy atom. The summed E-state index contributed by atoms with van der Waals surface area (Å²) < 4.78 is 4.81. The second-order valence-electron chi connectivity index (χ2n) is 12.6. The Balaban J connectivity index is 1.40. The van der Waals surface area contributed by atoms with Gasteiger partial charge in [-0.05, 0) is 68.7 Å². The molecule has 11 rings (SSSR count). The molecule has 7 aromatic carbocycles. The fourth-order valence-corrected chi connectivity index (χ4v) is 8.28. The van der Waals surface area contributed by atoms with Gasteiger partial charge in [-0.1, -0.05) is 103 Å². The predicted octanol–water partition coefficient (Wildman–Crippen LogP) is 11.3. The molecule has 0 atom stereocenters. The monoisotopic (exact) mass is 610 g/mol. The van der Waals surface area contributed by atoms with E-state index < -0.39 is 0 Å². The van der Waals surface area contributed by atoms with E-state index in [0.717, 1.165) is 44.3 Å². The average Bonchev–Trinajstić information content (AvgIpc) is 3.69. The zero-order valence-corrected chi connectivity index (χ0v) is 25.8. The first-order valence-electron chi connectivity index (χ1n) is 16.3. The molecule has 0 saturated heterocycles. The number of benzene rings is 7. The highest BCUT2D eigenvalue weighted by molar-refractivity contribution is 6.36. The molecule has 0 aliphatic carbocycles. The van der Waals surface area contributed by atoms with Gasteiger partial charge < -0.3 is 4.57 Å². The molecule has 4 aromatic heterocycles. The van der Waals surface area contributed by atoms with Crippen molar-refractivity contribution >= 4 is 86.7 Å². The van der Waals surface area contributed by atoms with Crippen LogP contribution in [0.2, 0.25) is 0 Å². The van der Waals surface area contributed by atoms with Gasteiger partial charge in [0.2, 0.25) is 0 Å². The molecule has 0 radical (unpaired) electrons. The first-order valence-corrected chi connectivity index (χ1v) is 16.3. The van der Waals surface area contributed by atoms with Gasteiger partial charge in [0, 0.05) is 56.6 Å². The van der Waals surface area contributed by atoms with Crippen molar-refractivity contribution in [3.63, 3.8) is 0 Å². The summed E-state index contributed by atoms with van der Waals surface area (Å²) >= 11 is 0. The molecule has 4 heteroatoms. The van der Waals surface area contributed by atoms with Gasteiger partial charge in [0.1, 0.15) is 5.82 Å². The normalized spacial score (nSPS) is 12.2. The zero-order chi connectivity index (χ0) is 31.3. The average molecular weight is 611 g/mol. The summed E-state index contributed by atoms with van der Waals surface area (Å²) in [7, 11) is 0. The van der Waals surface area contributed by atoms with Crippen LogP contribution in [-0.2, 0) is 0 Å². The molecule has 0 amide bonds. The van der Waals surface area contributed by atoms with Crippen molar-refractivity contribution in [2.45, 2.75) is 0 Å². The maximum absolute atomic E-state index is 5.28. The van der Waals surface area contributed by atoms with Gasteiger partial charge in [0.25, 0.3) is 0 Å². The number of pyridine rings is 2. The van der Waals surface area contributed by atoms with Crippen molar-refractivity contribution in [2.75, 3.05) is 0 Å². The molecule has 4 nitrogen and oxygen atoms in total. The van der Waals surface area contributed by atoms with Gasteiger partial charge in [-0.15, -0.1) is 0 Å². The molecule has 0 saturated carbocycles. The van der Waals surface area contributed by atoms with Crippen LogP contribution >= 0.6 is 0 Å². The Morgan fingerprint density at radius 3 is 1.65 bits per heavy atom. The predicted molar refractivity (Wildman–Crippen MR) is 201 cm³/mol. The number of rotatable bonds is 2. The van der Waals surface area contributed by atoms with Crippen LogP contribution in [0.15, 0.2) is 158 Å². The van der Waals surface area contributed by atoms with Crippen LogP contribution in [0.4, 0.5) is 0 Å². The lowest BCUT2D eigenvalue weighted by atomic mass is 9.95. The molecule has 0 unspecified atom stereocenters. The summed E-state index contributed by atoms with van der Waals surface area (Å²) in [6.45, 7) is 0. The number of aromatic nitrogens is 4. The van der Waals surface area contributed by atoms with E-state index in [1.54, 1.807) is 0 Å². The second-order valence-corrected chi connectivity index (χ2v) is 12.6. The smallest absolute Gasteiger partial charge is 0.138 e. The Kier molecular flexibility index (Phi) is 5.08. The summed E-state index contributed by atoms with van der Waals surface area (Å²) in [6.07, 6.45) is 6.03. The highest BCUT2D eigenvalue weighted by Crippen LogP contribution is 2.46. The minimum atomic E-state index is 0.903. The van der Waals surface area contributed by atoms with E-state index in [1.807, 2.05) is 12.4 Å². The van der Waals surface area contributed by atoms with Crippen LogP contribution in [0.25, 0.3) is 98.2 Å². The van der Waals surface area contributed by atoms with Crippen molar-refractivity contribution in [1.82, 2.24) is 19.1 Å². The van der Waals surface area contributed by atoms with Gasteiger partial charge in [-0.25, -0.2) is 4.98 Å². The van der Waals surface area contributed by atoms with E-state index in [1.165, 1.54) is 53.9 Å². The molecular formula is C44H26N4. The number of hydrogen-bond donors (Lipinski definition) is 0. The van der Waals surface area contributed by atoms with Crippen molar-refractivity contribution in [3.05, 3.63) is 158 Å². The summed E-state index contributed by atoms with van der Waals surface area (Å²) in [5.41, 5.74) is 5.73. The molecule has 0 N–H and O–H groups in total. The van der Waals surface area contributed by atoms with Gasteiger partial charge in [0.05, 0.1) is 22.1 Å². The van der Waals surface area contributed by atoms with E-state index in [2.05, 4.69) is 160 Å². The zero-order valence-electron chi connectivity index (χ0n) is 25.8. The van der Waals surface area contributed by atoms with Gasteiger partial charge >= 0.3 is 0 Å². The molecule has 11 aromatic rings. The van der Waals surface area contributed by atoms with E-state index >= 15 is 0 Å². The van der Waals surface area contributed by atoms with Gasteiger partial charge in [0.15, 0.2) is 0 Å². The van der Waals surface area contributed by atoms with Crippen LogP contribution in [0, 0.1) is 0 Å². The largest absolute Gasteiger partial charge is 0.308 e. The van der Waals surface area contributed by atoms with Gasteiger partial charge in [-0.2, -0.15) is 0 Å². The first kappa shape index (κ1) is 25.6. The lowest BCUT2D eigenvalue weighted by Gasteiger charge is -2.14. The van der Waals surface area contributed by atoms with E-state index in [-0.39, 0.29) is 0 Å². The fourth-order valence-electron chi connectivity index (χ4n) is 8.28. The highest BCUT2D eigenvalue weighted by atomic mass is 15.1. The highest BCUT2D eigenvalue weighted by Gasteiger charge is 2.25. The van der Waals surface area contributed by atoms with Crippen LogP contribution in [0.5, 0.6) is 0 Å². The SMILES string of the molecule is c1ccc(-n2c3ccccc3c3c2c2cnccc2c2c4ccccc4n(-c4cc5c6ccccc6c6ccccc6c5cn4)c23)cc1. The number of para-hydroxylation sites is 3. The standard InChI is InChI=1S/C44H26N4/c1-2-12-27(13-3-1)47-38-20-10-9-19-34(38)42-43(47)37-25-45-23-22-32(37)41-33-18-8-11-21-39(33)48(44(41)42)40-24-35-30-16-6-4-14-28(30)29-15-5-7-17-31(29)36(35)26-46-40/h1-26H. The first-order chi connectivity index (χ1) is 23.9. The summed E-state index contributed by atoms with van der Waals surface area (Å²) in [4.78, 5) is 9.96. The topological polar surface area (TPSA) is 35.6 Å². The molecule has 222 valence electrons. The fraction of sp³-hybridized carbons (Fsp3) is 0. The molecule has 0 spiro atoms. The molecule has 4 heterocycles. The molecule has 48 heavy (non-hydrogen) atoms. The maximum Gasteiger partial charge on any atom is 0.138 e. The van der Waals surface area contributed by atoms with Crippen LogP contribution in [0.1, 0.15) is 0 Å². The minimum Gasteiger partial charge on any atom is -0.308 e. The third-order valence-electron chi connectivity index (χ3n) is 10.2. The Labute approximate surface area is 274 Å². The third-order valence-corrected chi connectivity index (χ3v) is 10.2. The summed E-state index contributed by atoms with van der Waals surface area (Å²) in [6, 6.07) is 50.1. The van der Waals surface area contributed by atoms with Crippen LogP contribution in [-0.4, -0.2) is 19.1 Å². The Hall–Kier alpha value is -6.52. The lowest BCUT2D eigenvalue weighted by molar-refractivity contribution is 1.10. The van der Waals surface area contributed by atoms with Crippen molar-refractivity contribution in [1.29, 1.82) is 0 Å². The summed E-state index contributed by atoms with van der Waals surface area (Å²) in [5.74, 6) is 0.903. The maximum atomic E-state index is 5.28. The van der Waals surface area contributed by atoms with E-state index in [0.29, 0.717) is 0 Å². The minimum absolute atomic E-state index is 0.903. The Bertz CT molecular complexity index is 3080. The quantitative estimate of drug-likeness (QED) is 0.183. The Morgan fingerprint density at radius 2 is 0.938 bits per heavy atom. The molecule has 0 bridgehead atoms. The number of nitrogens with zero attached hydrogens (tertiary/aromatic N) is 4.